The summed E-state index contributed by atoms with van der Waals surface area (Å²) in [5, 5.41) is 0.202. The van der Waals surface area contributed by atoms with E-state index in [0.29, 0.717) is 39.9 Å². The number of hydrogen-bond acceptors (Lipinski definition) is 8. The van der Waals surface area contributed by atoms with Crippen molar-refractivity contribution in [3.05, 3.63) is 70.5 Å². The number of ether oxygens (including phenoxy) is 6. The third-order valence-electron chi connectivity index (χ3n) is 6.43. The molecule has 0 spiro atoms. The summed E-state index contributed by atoms with van der Waals surface area (Å²) in [7, 11) is 10.6. The highest BCUT2D eigenvalue weighted by atomic mass is 16.5. The fourth-order valence-electron chi connectivity index (χ4n) is 4.39. The molecule has 0 atom stereocenters. The van der Waals surface area contributed by atoms with E-state index in [1.54, 1.807) is 67.3 Å². The predicted octanol–water partition coefficient (Wildman–Crippen LogP) is 4.32. The molecule has 0 saturated heterocycles. The summed E-state index contributed by atoms with van der Waals surface area (Å²) >= 11 is 0. The largest absolute Gasteiger partial charge is 0.497 e. The van der Waals surface area contributed by atoms with Crippen LogP contribution in [0.2, 0.25) is 0 Å². The zero-order chi connectivity index (χ0) is 28.3. The molecule has 10 nitrogen and oxygen atoms in total. The number of amides is 1. The molecule has 0 radical (unpaired) electrons. The molecule has 1 amide bonds. The molecule has 0 aliphatic carbocycles. The zero-order valence-electron chi connectivity index (χ0n) is 22.9. The van der Waals surface area contributed by atoms with E-state index in [1.807, 2.05) is 0 Å². The number of fused-ring (bicyclic) bond motifs is 1. The molecule has 1 aromatic heterocycles. The van der Waals surface area contributed by atoms with Crippen LogP contribution in [0.1, 0.15) is 10.4 Å². The Kier molecular flexibility index (Phi) is 7.85. The van der Waals surface area contributed by atoms with Crippen molar-refractivity contribution in [3.8, 4) is 40.2 Å². The minimum atomic E-state index is -0.505. The molecule has 0 N–H and O–H groups in total. The van der Waals surface area contributed by atoms with E-state index in [4.69, 9.17) is 28.4 Å². The highest BCUT2D eigenvalue weighted by Crippen LogP contribution is 2.43. The topological polar surface area (TPSA) is 97.7 Å². The van der Waals surface area contributed by atoms with Crippen LogP contribution in [-0.2, 0) is 0 Å². The number of pyridine rings is 1. The smallest absolute Gasteiger partial charge is 0.263 e. The van der Waals surface area contributed by atoms with E-state index < -0.39 is 11.3 Å². The number of benzene rings is 3. The van der Waals surface area contributed by atoms with Crippen molar-refractivity contribution in [1.82, 2.24) is 4.57 Å². The summed E-state index contributed by atoms with van der Waals surface area (Å²) in [6, 6.07) is 13.7. The predicted molar refractivity (Wildman–Crippen MR) is 148 cm³/mol. The van der Waals surface area contributed by atoms with Gasteiger partial charge in [0.05, 0.1) is 48.0 Å². The Morgan fingerprint density at radius 1 is 0.718 bits per heavy atom. The average molecular weight is 535 g/mol. The standard InChI is InChI=1S/C29H30N2O8/c1-30(17-8-11-19(34-2)12-9-17)29(33)21-16-31(18-10-13-22(35-3)23(14-18)36-4)25-20(26(21)32)15-24(37-5)27(38-6)28(25)39-7/h8-16H,1-7H3. The van der Waals surface area contributed by atoms with Crippen molar-refractivity contribution >= 4 is 22.5 Å². The van der Waals surface area contributed by atoms with Gasteiger partial charge in [-0.25, -0.2) is 0 Å². The van der Waals surface area contributed by atoms with Gasteiger partial charge in [-0.2, -0.15) is 0 Å². The van der Waals surface area contributed by atoms with Gasteiger partial charge in [0.1, 0.15) is 16.8 Å². The molecule has 39 heavy (non-hydrogen) atoms. The molecule has 0 bridgehead atoms. The summed E-state index contributed by atoms with van der Waals surface area (Å²) in [6.07, 6.45) is 1.49. The number of anilines is 1. The van der Waals surface area contributed by atoms with Crippen molar-refractivity contribution in [2.75, 3.05) is 54.6 Å². The number of methoxy groups -OCH3 is 6. The number of aromatic nitrogens is 1. The van der Waals surface area contributed by atoms with Crippen LogP contribution in [0.25, 0.3) is 16.6 Å². The Morgan fingerprint density at radius 3 is 1.92 bits per heavy atom. The van der Waals surface area contributed by atoms with Gasteiger partial charge >= 0.3 is 0 Å². The van der Waals surface area contributed by atoms with E-state index in [0.717, 1.165) is 0 Å². The monoisotopic (exact) mass is 534 g/mol. The van der Waals surface area contributed by atoms with Crippen LogP contribution in [-0.4, -0.2) is 60.2 Å². The van der Waals surface area contributed by atoms with Crippen molar-refractivity contribution in [2.45, 2.75) is 0 Å². The molecule has 0 saturated carbocycles. The number of rotatable bonds is 9. The normalized spacial score (nSPS) is 10.6. The molecule has 0 aliphatic heterocycles. The Morgan fingerprint density at radius 2 is 1.36 bits per heavy atom. The molecular weight excluding hydrogens is 504 g/mol. The molecule has 3 aromatic carbocycles. The van der Waals surface area contributed by atoms with Gasteiger partial charge in [0, 0.05) is 30.7 Å². The van der Waals surface area contributed by atoms with Crippen LogP contribution in [0, 0.1) is 0 Å². The second-order valence-electron chi connectivity index (χ2n) is 8.38. The van der Waals surface area contributed by atoms with Crippen molar-refractivity contribution < 1.29 is 33.2 Å². The molecule has 0 fully saturated rings. The molecule has 1 heterocycles. The first-order chi connectivity index (χ1) is 18.8. The van der Waals surface area contributed by atoms with Gasteiger partial charge in [-0.05, 0) is 42.5 Å². The van der Waals surface area contributed by atoms with Crippen molar-refractivity contribution in [1.29, 1.82) is 0 Å². The van der Waals surface area contributed by atoms with Crippen LogP contribution < -0.4 is 38.7 Å². The van der Waals surface area contributed by atoms with Crippen LogP contribution in [0.4, 0.5) is 5.69 Å². The van der Waals surface area contributed by atoms with Gasteiger partial charge in [-0.3, -0.25) is 9.59 Å². The van der Waals surface area contributed by atoms with Crippen molar-refractivity contribution in [3.63, 3.8) is 0 Å². The van der Waals surface area contributed by atoms with Crippen LogP contribution in [0.15, 0.2) is 59.5 Å². The lowest BCUT2D eigenvalue weighted by molar-refractivity contribution is 0.0991. The number of nitrogens with zero attached hydrogens (tertiary/aromatic N) is 2. The quantitative estimate of drug-likeness (QED) is 0.313. The van der Waals surface area contributed by atoms with Gasteiger partial charge in [-0.1, -0.05) is 0 Å². The Hall–Kier alpha value is -4.86. The lowest BCUT2D eigenvalue weighted by Crippen LogP contribution is -2.31. The first kappa shape index (κ1) is 27.2. The third kappa shape index (κ3) is 4.76. The Labute approximate surface area is 225 Å². The van der Waals surface area contributed by atoms with Gasteiger partial charge in [0.2, 0.25) is 11.2 Å². The molecule has 4 aromatic rings. The van der Waals surface area contributed by atoms with Gasteiger partial charge in [0.15, 0.2) is 23.0 Å². The number of hydrogen-bond donors (Lipinski definition) is 0. The maximum absolute atomic E-state index is 13.9. The minimum absolute atomic E-state index is 0.0649. The fraction of sp³-hybridized carbons (Fsp3) is 0.241. The first-order valence-corrected chi connectivity index (χ1v) is 11.9. The van der Waals surface area contributed by atoms with Crippen LogP contribution >= 0.6 is 0 Å². The maximum atomic E-state index is 13.9. The Balaban J connectivity index is 2.05. The molecular formula is C29H30N2O8. The van der Waals surface area contributed by atoms with E-state index in [2.05, 4.69) is 0 Å². The lowest BCUT2D eigenvalue weighted by atomic mass is 10.1. The summed E-state index contributed by atoms with van der Waals surface area (Å²) in [6.45, 7) is 0. The van der Waals surface area contributed by atoms with Crippen molar-refractivity contribution in [2.24, 2.45) is 0 Å². The molecule has 0 aliphatic rings. The third-order valence-corrected chi connectivity index (χ3v) is 6.43. The average Bonchev–Trinajstić information content (AvgIpc) is 2.99. The highest BCUT2D eigenvalue weighted by molar-refractivity contribution is 6.08. The molecule has 10 heteroatoms. The minimum Gasteiger partial charge on any atom is -0.497 e. The molecule has 204 valence electrons. The fourth-order valence-corrected chi connectivity index (χ4v) is 4.39. The van der Waals surface area contributed by atoms with Crippen LogP contribution in [0.5, 0.6) is 34.5 Å². The SMILES string of the molecule is COc1ccc(N(C)C(=O)c2cn(-c3ccc(OC)c(OC)c3)c3c(OC)c(OC)c(OC)cc3c2=O)cc1. The molecule has 4 rings (SSSR count). The lowest BCUT2D eigenvalue weighted by Gasteiger charge is -2.22. The first-order valence-electron chi connectivity index (χ1n) is 11.9. The van der Waals surface area contributed by atoms with Gasteiger partial charge in [-0.15, -0.1) is 0 Å². The number of carbonyl (C=O) groups excluding carboxylic acids is 1. The van der Waals surface area contributed by atoms with Gasteiger partial charge in [0.25, 0.3) is 5.91 Å². The van der Waals surface area contributed by atoms with E-state index in [9.17, 15) is 9.59 Å². The van der Waals surface area contributed by atoms with Crippen LogP contribution in [0.3, 0.4) is 0 Å². The molecule has 0 unspecified atom stereocenters. The Bertz CT molecular complexity index is 1580. The van der Waals surface area contributed by atoms with E-state index >= 15 is 0 Å². The second kappa shape index (κ2) is 11.3. The van der Waals surface area contributed by atoms with E-state index in [-0.39, 0.29) is 22.4 Å². The maximum Gasteiger partial charge on any atom is 0.263 e. The summed E-state index contributed by atoms with van der Waals surface area (Å²) in [5.74, 6) is 1.98. The summed E-state index contributed by atoms with van der Waals surface area (Å²) in [4.78, 5) is 29.0. The second-order valence-corrected chi connectivity index (χ2v) is 8.38. The zero-order valence-corrected chi connectivity index (χ0v) is 22.9. The number of carbonyl (C=O) groups is 1. The van der Waals surface area contributed by atoms with Gasteiger partial charge < -0.3 is 37.9 Å². The van der Waals surface area contributed by atoms with E-state index in [1.165, 1.54) is 46.6 Å². The summed E-state index contributed by atoms with van der Waals surface area (Å²) < 4.78 is 34.6. The summed E-state index contributed by atoms with van der Waals surface area (Å²) in [5.41, 5.74) is 0.999. The highest BCUT2D eigenvalue weighted by Gasteiger charge is 2.26.